The van der Waals surface area contributed by atoms with Crippen LogP contribution in [-0.2, 0) is 4.74 Å². The Morgan fingerprint density at radius 1 is 1.11 bits per heavy atom. The molecular formula is C21H17N3O2S. The molecule has 27 heavy (non-hydrogen) atoms. The normalized spacial score (nSPS) is 10.9. The Morgan fingerprint density at radius 3 is 2.56 bits per heavy atom. The van der Waals surface area contributed by atoms with Crippen molar-refractivity contribution in [3.05, 3.63) is 77.3 Å². The average Bonchev–Trinajstić information content (AvgIpc) is 3.16. The predicted octanol–water partition coefficient (Wildman–Crippen LogP) is 4.90. The van der Waals surface area contributed by atoms with Crippen LogP contribution in [0, 0.1) is 4.77 Å². The number of benzene rings is 2. The summed E-state index contributed by atoms with van der Waals surface area (Å²) in [5.74, 6) is -0.321. The van der Waals surface area contributed by atoms with Gasteiger partial charge in [-0.15, -0.1) is 0 Å². The summed E-state index contributed by atoms with van der Waals surface area (Å²) in [6, 6.07) is 17.3. The predicted molar refractivity (Wildman–Crippen MR) is 107 cm³/mol. The standard InChI is InChI=1S/C21H17N3O2S/c1-2-26-20(25)16-10-8-15(9-11-16)18-13-24-19(23-18)17(12-22-21(24)27)14-6-4-3-5-7-14/h3-13,23H,2H2,1H3. The molecule has 2 aromatic heterocycles. The minimum atomic E-state index is -0.321. The van der Waals surface area contributed by atoms with Crippen molar-refractivity contribution in [3.63, 3.8) is 0 Å². The van der Waals surface area contributed by atoms with E-state index in [-0.39, 0.29) is 5.97 Å². The first kappa shape index (κ1) is 17.2. The molecule has 0 aliphatic heterocycles. The van der Waals surface area contributed by atoms with Crippen LogP contribution in [-0.4, -0.2) is 26.9 Å². The third-order valence-corrected chi connectivity index (χ3v) is 4.61. The smallest absolute Gasteiger partial charge is 0.338 e. The van der Waals surface area contributed by atoms with Gasteiger partial charge in [0.25, 0.3) is 0 Å². The summed E-state index contributed by atoms with van der Waals surface area (Å²) in [7, 11) is 0. The average molecular weight is 375 g/mol. The number of fused-ring (bicyclic) bond motifs is 1. The molecule has 0 saturated heterocycles. The van der Waals surface area contributed by atoms with Crippen molar-refractivity contribution >= 4 is 23.8 Å². The second-order valence-electron chi connectivity index (χ2n) is 6.00. The Balaban J connectivity index is 1.79. The number of rotatable bonds is 4. The van der Waals surface area contributed by atoms with Crippen molar-refractivity contribution in [2.75, 3.05) is 6.61 Å². The Labute approximate surface area is 161 Å². The molecule has 0 bridgehead atoms. The van der Waals surface area contributed by atoms with E-state index in [1.165, 1.54) is 0 Å². The van der Waals surface area contributed by atoms with E-state index in [0.717, 1.165) is 28.0 Å². The monoisotopic (exact) mass is 375 g/mol. The zero-order valence-electron chi connectivity index (χ0n) is 14.7. The van der Waals surface area contributed by atoms with Gasteiger partial charge < -0.3 is 9.72 Å². The van der Waals surface area contributed by atoms with E-state index < -0.39 is 0 Å². The number of ether oxygens (including phenoxy) is 1. The summed E-state index contributed by atoms with van der Waals surface area (Å²) in [5, 5.41) is 0. The number of carbonyl (C=O) groups is 1. The second-order valence-corrected chi connectivity index (χ2v) is 6.37. The van der Waals surface area contributed by atoms with Gasteiger partial charge in [0, 0.05) is 18.0 Å². The van der Waals surface area contributed by atoms with E-state index in [1.807, 2.05) is 53.1 Å². The summed E-state index contributed by atoms with van der Waals surface area (Å²) in [4.78, 5) is 19.6. The summed E-state index contributed by atoms with van der Waals surface area (Å²) in [6.45, 7) is 2.15. The number of carbonyl (C=O) groups excluding carboxylic acids is 1. The van der Waals surface area contributed by atoms with E-state index in [4.69, 9.17) is 17.0 Å². The molecule has 0 aliphatic rings. The molecule has 0 fully saturated rings. The molecule has 2 heterocycles. The van der Waals surface area contributed by atoms with Crippen LogP contribution in [0.1, 0.15) is 17.3 Å². The lowest BCUT2D eigenvalue weighted by Crippen LogP contribution is -2.03. The van der Waals surface area contributed by atoms with Crippen molar-refractivity contribution < 1.29 is 9.53 Å². The minimum Gasteiger partial charge on any atom is -0.462 e. The lowest BCUT2D eigenvalue weighted by molar-refractivity contribution is 0.0526. The number of hydrogen-bond acceptors (Lipinski definition) is 4. The van der Waals surface area contributed by atoms with E-state index in [2.05, 4.69) is 9.97 Å². The molecule has 0 amide bonds. The number of aromatic amines is 1. The van der Waals surface area contributed by atoms with Crippen LogP contribution in [0.25, 0.3) is 28.0 Å². The fraction of sp³-hybridized carbons (Fsp3) is 0.0952. The zero-order chi connectivity index (χ0) is 18.8. The SMILES string of the molecule is CCOC(=O)c1ccc(-c2cn3c(=S)ncc(-c4ccccc4)c3[nH]2)cc1. The molecule has 0 aliphatic carbocycles. The molecule has 6 heteroatoms. The van der Waals surface area contributed by atoms with Gasteiger partial charge in [0.15, 0.2) is 0 Å². The molecule has 4 rings (SSSR count). The Morgan fingerprint density at radius 2 is 1.85 bits per heavy atom. The van der Waals surface area contributed by atoms with Crippen LogP contribution < -0.4 is 0 Å². The molecule has 0 spiro atoms. The van der Waals surface area contributed by atoms with Crippen LogP contribution in [0.4, 0.5) is 0 Å². The Bertz CT molecular complexity index is 1160. The van der Waals surface area contributed by atoms with E-state index in [0.29, 0.717) is 16.9 Å². The third kappa shape index (κ3) is 3.27. The van der Waals surface area contributed by atoms with Gasteiger partial charge in [-0.3, -0.25) is 4.40 Å². The maximum absolute atomic E-state index is 11.8. The Hall–Kier alpha value is -3.25. The number of esters is 1. The first-order chi connectivity index (χ1) is 13.2. The number of hydrogen-bond donors (Lipinski definition) is 1. The number of nitrogens with zero attached hydrogens (tertiary/aromatic N) is 2. The highest BCUT2D eigenvalue weighted by molar-refractivity contribution is 7.71. The van der Waals surface area contributed by atoms with Gasteiger partial charge in [-0.25, -0.2) is 9.78 Å². The lowest BCUT2D eigenvalue weighted by Gasteiger charge is -2.03. The van der Waals surface area contributed by atoms with Gasteiger partial charge in [0.05, 0.1) is 17.9 Å². The molecule has 134 valence electrons. The quantitative estimate of drug-likeness (QED) is 0.407. The largest absolute Gasteiger partial charge is 0.462 e. The number of nitrogens with one attached hydrogen (secondary N) is 1. The van der Waals surface area contributed by atoms with Crippen LogP contribution in [0.2, 0.25) is 0 Å². The summed E-state index contributed by atoms with van der Waals surface area (Å²) in [5.41, 5.74) is 5.27. The maximum atomic E-state index is 11.8. The molecule has 0 unspecified atom stereocenters. The molecule has 0 saturated carbocycles. The molecule has 0 radical (unpaired) electrons. The number of imidazole rings is 1. The van der Waals surface area contributed by atoms with E-state index in [1.54, 1.807) is 25.3 Å². The van der Waals surface area contributed by atoms with Crippen molar-refractivity contribution in [3.8, 4) is 22.4 Å². The van der Waals surface area contributed by atoms with Crippen molar-refractivity contribution in [1.82, 2.24) is 14.4 Å². The Kier molecular flexibility index (Phi) is 4.56. The van der Waals surface area contributed by atoms with Gasteiger partial charge in [0.1, 0.15) is 5.65 Å². The van der Waals surface area contributed by atoms with E-state index >= 15 is 0 Å². The fourth-order valence-electron chi connectivity index (χ4n) is 2.98. The molecule has 0 atom stereocenters. The number of aromatic nitrogens is 3. The molecule has 1 N–H and O–H groups in total. The van der Waals surface area contributed by atoms with Crippen molar-refractivity contribution in [1.29, 1.82) is 0 Å². The highest BCUT2D eigenvalue weighted by atomic mass is 32.1. The van der Waals surface area contributed by atoms with Gasteiger partial charge in [-0.2, -0.15) is 0 Å². The topological polar surface area (TPSA) is 59.4 Å². The third-order valence-electron chi connectivity index (χ3n) is 4.31. The molecule has 5 nitrogen and oxygen atoms in total. The first-order valence-electron chi connectivity index (χ1n) is 8.60. The molecular weight excluding hydrogens is 358 g/mol. The van der Waals surface area contributed by atoms with Crippen LogP contribution in [0.15, 0.2) is 67.0 Å². The summed E-state index contributed by atoms with van der Waals surface area (Å²) < 4.78 is 7.38. The zero-order valence-corrected chi connectivity index (χ0v) is 15.5. The van der Waals surface area contributed by atoms with Gasteiger partial charge >= 0.3 is 5.97 Å². The van der Waals surface area contributed by atoms with Gasteiger partial charge in [0.2, 0.25) is 4.77 Å². The van der Waals surface area contributed by atoms with Crippen molar-refractivity contribution in [2.24, 2.45) is 0 Å². The fourth-order valence-corrected chi connectivity index (χ4v) is 3.18. The second kappa shape index (κ2) is 7.17. The van der Waals surface area contributed by atoms with Crippen LogP contribution >= 0.6 is 12.2 Å². The van der Waals surface area contributed by atoms with Gasteiger partial charge in [-0.05, 0) is 42.4 Å². The minimum absolute atomic E-state index is 0.321. The first-order valence-corrected chi connectivity index (χ1v) is 9.01. The van der Waals surface area contributed by atoms with Crippen molar-refractivity contribution in [2.45, 2.75) is 6.92 Å². The van der Waals surface area contributed by atoms with Gasteiger partial charge in [-0.1, -0.05) is 42.5 Å². The molecule has 4 aromatic rings. The maximum Gasteiger partial charge on any atom is 0.338 e. The summed E-state index contributed by atoms with van der Waals surface area (Å²) in [6.07, 6.45) is 3.72. The number of H-pyrrole nitrogens is 1. The lowest BCUT2D eigenvalue weighted by atomic mass is 10.1. The highest BCUT2D eigenvalue weighted by Gasteiger charge is 2.11. The van der Waals surface area contributed by atoms with Crippen LogP contribution in [0.5, 0.6) is 0 Å². The summed E-state index contributed by atoms with van der Waals surface area (Å²) >= 11 is 5.38. The van der Waals surface area contributed by atoms with Crippen LogP contribution in [0.3, 0.4) is 0 Å². The highest BCUT2D eigenvalue weighted by Crippen LogP contribution is 2.27. The molecule has 2 aromatic carbocycles. The van der Waals surface area contributed by atoms with E-state index in [9.17, 15) is 4.79 Å².